The van der Waals surface area contributed by atoms with Crippen LogP contribution in [0.1, 0.15) is 38.2 Å². The number of halogens is 3. The Hall–Kier alpha value is -3.68. The monoisotopic (exact) mass is 470 g/mol. The van der Waals surface area contributed by atoms with Crippen LogP contribution >= 0.6 is 0 Å². The molecule has 11 nitrogen and oxygen atoms in total. The fourth-order valence-corrected chi connectivity index (χ4v) is 2.74. The number of carbonyl (C=O) groups is 2. The average Bonchev–Trinajstić information content (AvgIpc) is 2.80. The van der Waals surface area contributed by atoms with Crippen molar-refractivity contribution in [3.63, 3.8) is 0 Å². The Bertz CT molecular complexity index is 902. The SMILES string of the molecule is CCCCC[C@H](CN(O)C=O)C(=O)NNc1ncc(C(F)(F)F)c(NNc2ccccn2)n1. The largest absolute Gasteiger partial charge is 0.421 e. The van der Waals surface area contributed by atoms with Gasteiger partial charge >= 0.3 is 6.18 Å². The van der Waals surface area contributed by atoms with E-state index in [1.54, 1.807) is 12.1 Å². The van der Waals surface area contributed by atoms with Crippen LogP contribution in [0.15, 0.2) is 30.6 Å². The first-order valence-electron chi connectivity index (χ1n) is 10.1. The Morgan fingerprint density at radius 2 is 2.00 bits per heavy atom. The normalized spacial score (nSPS) is 11.9. The molecule has 2 heterocycles. The molecule has 14 heteroatoms. The highest BCUT2D eigenvalue weighted by Gasteiger charge is 2.35. The summed E-state index contributed by atoms with van der Waals surface area (Å²) in [5.74, 6) is -1.99. The molecule has 0 aliphatic heterocycles. The van der Waals surface area contributed by atoms with E-state index in [1.807, 2.05) is 6.92 Å². The van der Waals surface area contributed by atoms with Crippen molar-refractivity contribution in [3.8, 4) is 0 Å². The molecule has 0 bridgehead atoms. The van der Waals surface area contributed by atoms with E-state index in [1.165, 1.54) is 12.3 Å². The number of carbonyl (C=O) groups excluding carboxylic acids is 2. The van der Waals surface area contributed by atoms with Gasteiger partial charge in [0.25, 0.3) is 0 Å². The van der Waals surface area contributed by atoms with Crippen molar-refractivity contribution in [2.24, 2.45) is 5.92 Å². The molecule has 180 valence electrons. The van der Waals surface area contributed by atoms with Gasteiger partial charge < -0.3 is 0 Å². The van der Waals surface area contributed by atoms with Gasteiger partial charge in [0.1, 0.15) is 11.4 Å². The van der Waals surface area contributed by atoms with Gasteiger partial charge in [-0.3, -0.25) is 36.5 Å². The zero-order valence-corrected chi connectivity index (χ0v) is 17.8. The molecule has 2 rings (SSSR count). The molecule has 2 aromatic rings. The van der Waals surface area contributed by atoms with Gasteiger partial charge in [-0.15, -0.1) is 0 Å². The topological polar surface area (TPSA) is 144 Å². The fourth-order valence-electron chi connectivity index (χ4n) is 2.74. The number of hydrogen-bond acceptors (Lipinski definition) is 9. The van der Waals surface area contributed by atoms with E-state index < -0.39 is 29.4 Å². The summed E-state index contributed by atoms with van der Waals surface area (Å²) in [5, 5.41) is 9.79. The quantitative estimate of drug-likeness (QED) is 0.129. The Balaban J connectivity index is 2.10. The van der Waals surface area contributed by atoms with Gasteiger partial charge in [-0.05, 0) is 18.6 Å². The lowest BCUT2D eigenvalue weighted by molar-refractivity contribution is -0.154. The van der Waals surface area contributed by atoms with E-state index in [9.17, 15) is 28.0 Å². The maximum atomic E-state index is 13.3. The van der Waals surface area contributed by atoms with E-state index in [4.69, 9.17) is 0 Å². The molecule has 33 heavy (non-hydrogen) atoms. The van der Waals surface area contributed by atoms with Gasteiger partial charge in [-0.25, -0.2) is 15.0 Å². The van der Waals surface area contributed by atoms with Crippen LogP contribution in [0.5, 0.6) is 0 Å². The molecule has 0 aromatic carbocycles. The summed E-state index contributed by atoms with van der Waals surface area (Å²) in [4.78, 5) is 34.5. The highest BCUT2D eigenvalue weighted by Crippen LogP contribution is 2.33. The minimum Gasteiger partial charge on any atom is -0.286 e. The molecule has 0 unspecified atom stereocenters. The predicted octanol–water partition coefficient (Wildman–Crippen LogP) is 2.82. The predicted molar refractivity (Wildman–Crippen MR) is 112 cm³/mol. The maximum absolute atomic E-state index is 13.3. The first-order valence-corrected chi connectivity index (χ1v) is 10.1. The summed E-state index contributed by atoms with van der Waals surface area (Å²) in [6, 6.07) is 4.81. The third-order valence-corrected chi connectivity index (χ3v) is 4.42. The number of hydrazine groups is 2. The summed E-state index contributed by atoms with van der Waals surface area (Å²) < 4.78 is 40.0. The molecule has 5 N–H and O–H groups in total. The lowest BCUT2D eigenvalue weighted by Crippen LogP contribution is -2.40. The van der Waals surface area contributed by atoms with Crippen molar-refractivity contribution in [1.82, 2.24) is 25.4 Å². The fraction of sp³-hybridized carbons (Fsp3) is 0.421. The molecular formula is C19H25F3N8O3. The van der Waals surface area contributed by atoms with Crippen LogP contribution in [0.3, 0.4) is 0 Å². The van der Waals surface area contributed by atoms with Gasteiger partial charge in [0.05, 0.1) is 12.5 Å². The van der Waals surface area contributed by atoms with Crippen molar-refractivity contribution in [2.45, 2.75) is 38.8 Å². The molecule has 1 atom stereocenters. The van der Waals surface area contributed by atoms with Gasteiger partial charge in [0.15, 0.2) is 5.82 Å². The van der Waals surface area contributed by atoms with Crippen LogP contribution in [-0.2, 0) is 15.8 Å². The van der Waals surface area contributed by atoms with E-state index in [0.29, 0.717) is 24.1 Å². The van der Waals surface area contributed by atoms with E-state index >= 15 is 0 Å². The van der Waals surface area contributed by atoms with Gasteiger partial charge in [-0.2, -0.15) is 18.2 Å². The minimum atomic E-state index is -4.74. The second kappa shape index (κ2) is 12.4. The molecule has 0 spiro atoms. The maximum Gasteiger partial charge on any atom is 0.421 e. The Labute approximate surface area is 187 Å². The minimum absolute atomic E-state index is 0.180. The third-order valence-electron chi connectivity index (χ3n) is 4.42. The van der Waals surface area contributed by atoms with Crippen LogP contribution in [0, 0.1) is 5.92 Å². The van der Waals surface area contributed by atoms with Crippen LogP contribution in [-0.4, -0.2) is 44.1 Å². The van der Waals surface area contributed by atoms with Crippen molar-refractivity contribution >= 4 is 29.9 Å². The molecular weight excluding hydrogens is 445 g/mol. The number of pyridine rings is 1. The number of nitrogens with zero attached hydrogens (tertiary/aromatic N) is 4. The number of anilines is 3. The van der Waals surface area contributed by atoms with Crippen LogP contribution in [0.2, 0.25) is 0 Å². The first kappa shape index (κ1) is 25.6. The molecule has 0 aliphatic rings. The summed E-state index contributed by atoms with van der Waals surface area (Å²) in [5.41, 5.74) is 8.38. The first-order chi connectivity index (χ1) is 15.7. The summed E-state index contributed by atoms with van der Waals surface area (Å²) in [6.07, 6.45) is 0.288. The summed E-state index contributed by atoms with van der Waals surface area (Å²) >= 11 is 0. The lowest BCUT2D eigenvalue weighted by atomic mass is 10.0. The van der Waals surface area contributed by atoms with Crippen molar-refractivity contribution in [3.05, 3.63) is 36.2 Å². The molecule has 0 saturated carbocycles. The van der Waals surface area contributed by atoms with Crippen LogP contribution in [0.25, 0.3) is 0 Å². The van der Waals surface area contributed by atoms with Crippen molar-refractivity contribution in [2.75, 3.05) is 22.8 Å². The number of unbranched alkanes of at least 4 members (excludes halogenated alkanes) is 2. The van der Waals surface area contributed by atoms with E-state index in [-0.39, 0.29) is 24.7 Å². The number of alkyl halides is 3. The zero-order valence-electron chi connectivity index (χ0n) is 17.8. The van der Waals surface area contributed by atoms with Gasteiger partial charge in [0, 0.05) is 12.4 Å². The second-order valence-corrected chi connectivity index (χ2v) is 6.95. The van der Waals surface area contributed by atoms with E-state index in [2.05, 4.69) is 36.7 Å². The van der Waals surface area contributed by atoms with Gasteiger partial charge in [-0.1, -0.05) is 32.3 Å². The molecule has 0 radical (unpaired) electrons. The second-order valence-electron chi connectivity index (χ2n) is 6.95. The number of hydrogen-bond donors (Lipinski definition) is 5. The Morgan fingerprint density at radius 3 is 2.64 bits per heavy atom. The third kappa shape index (κ3) is 8.40. The molecule has 0 fully saturated rings. The zero-order chi connectivity index (χ0) is 24.3. The number of hydroxylamine groups is 2. The average molecular weight is 470 g/mol. The number of rotatable bonds is 13. The number of nitrogens with one attached hydrogen (secondary N) is 4. The number of aromatic nitrogens is 3. The number of amides is 2. The van der Waals surface area contributed by atoms with Crippen molar-refractivity contribution in [1.29, 1.82) is 0 Å². The summed E-state index contributed by atoms with van der Waals surface area (Å²) in [7, 11) is 0. The van der Waals surface area contributed by atoms with Crippen LogP contribution < -0.4 is 21.7 Å². The highest BCUT2D eigenvalue weighted by atomic mass is 19.4. The summed E-state index contributed by atoms with van der Waals surface area (Å²) in [6.45, 7) is 1.74. The van der Waals surface area contributed by atoms with Crippen LogP contribution in [0.4, 0.5) is 30.8 Å². The Kier molecular flexibility index (Phi) is 9.60. The molecule has 2 aromatic heterocycles. The lowest BCUT2D eigenvalue weighted by Gasteiger charge is -2.20. The molecule has 0 saturated heterocycles. The molecule has 2 amide bonds. The van der Waals surface area contributed by atoms with Crippen molar-refractivity contribution < 1.29 is 28.0 Å². The smallest absolute Gasteiger partial charge is 0.286 e. The highest BCUT2D eigenvalue weighted by molar-refractivity contribution is 5.80. The molecule has 0 aliphatic carbocycles. The van der Waals surface area contributed by atoms with Gasteiger partial charge in [0.2, 0.25) is 18.3 Å². The Morgan fingerprint density at radius 1 is 1.21 bits per heavy atom. The van der Waals surface area contributed by atoms with E-state index in [0.717, 1.165) is 12.8 Å². The standard InChI is InChI=1S/C19H25F3N8O3/c1-2-3-4-7-13(11-30(33)12-31)17(32)28-29-18-24-10-14(19(20,21)22)16(25-18)27-26-15-8-5-6-9-23-15/h5-6,8-10,12-13,33H,2-4,7,11H2,1H3,(H,23,26)(H,28,32)(H2,24,25,27,29)/t13-/m1/s1.